The van der Waals surface area contributed by atoms with Crippen molar-refractivity contribution in [1.82, 2.24) is 0 Å². The summed E-state index contributed by atoms with van der Waals surface area (Å²) in [5.41, 5.74) is 5.52. The van der Waals surface area contributed by atoms with Crippen LogP contribution in [0.15, 0.2) is 18.2 Å². The number of carbonyl (C=O) groups is 2. The van der Waals surface area contributed by atoms with Crippen molar-refractivity contribution in [2.24, 2.45) is 11.7 Å². The molecule has 8 nitrogen and oxygen atoms in total. The number of nitro benzene ring substituents is 1. The summed E-state index contributed by atoms with van der Waals surface area (Å²) in [4.78, 5) is 34.8. The van der Waals surface area contributed by atoms with E-state index in [-0.39, 0.29) is 34.5 Å². The van der Waals surface area contributed by atoms with Crippen molar-refractivity contribution in [1.29, 1.82) is 0 Å². The molecule has 0 radical (unpaired) electrons. The van der Waals surface area contributed by atoms with Gasteiger partial charge in [-0.15, -0.1) is 0 Å². The maximum atomic E-state index is 12.4. The Hall–Kier alpha value is -2.19. The molecular weight excluding hydrogens is 336 g/mol. The molecule has 0 bridgehead atoms. The van der Waals surface area contributed by atoms with Crippen molar-refractivity contribution in [2.75, 3.05) is 18.4 Å². The molecule has 1 aliphatic rings. The zero-order chi connectivity index (χ0) is 17.9. The number of anilines is 1. The van der Waals surface area contributed by atoms with Gasteiger partial charge in [-0.25, -0.2) is 0 Å². The number of hydrogen-bond acceptors (Lipinski definition) is 4. The molecule has 2 amide bonds. The van der Waals surface area contributed by atoms with E-state index in [1.807, 2.05) is 0 Å². The van der Waals surface area contributed by atoms with Crippen LogP contribution in [0.25, 0.3) is 0 Å². The number of amides is 2. The Balaban J connectivity index is 1.97. The molecule has 0 saturated carbocycles. The monoisotopic (exact) mass is 355 g/mol. The summed E-state index contributed by atoms with van der Waals surface area (Å²) >= 11 is 5.98. The molecule has 2 rings (SSSR count). The standard InChI is InChI=1S/C15H19ClN4O4/c1-9(19-6-4-10(5-7-19)14(17)21)15(22)18-13-3-2-11(20(23)24)8-12(13)16/h2-3,8-10H,4-7H2,1H3,(H2,17,21)(H,18,22)/p+1/t9-/m1/s1. The zero-order valence-corrected chi connectivity index (χ0v) is 14.0. The van der Waals surface area contributed by atoms with E-state index in [4.69, 9.17) is 17.3 Å². The number of nitro groups is 1. The molecule has 1 atom stereocenters. The Bertz CT molecular complexity index is 659. The lowest BCUT2D eigenvalue weighted by molar-refractivity contribution is -0.919. The predicted octanol–water partition coefficient (Wildman–Crippen LogP) is 0.355. The SMILES string of the molecule is C[C@H](C(=O)Nc1ccc([N+](=O)[O-])cc1Cl)[NH+]1CCC(C(N)=O)CC1. The van der Waals surface area contributed by atoms with Crippen LogP contribution in [0.3, 0.4) is 0 Å². The Morgan fingerprint density at radius 1 is 1.42 bits per heavy atom. The summed E-state index contributed by atoms with van der Waals surface area (Å²) in [7, 11) is 0. The summed E-state index contributed by atoms with van der Waals surface area (Å²) < 4.78 is 0. The van der Waals surface area contributed by atoms with E-state index < -0.39 is 4.92 Å². The fourth-order valence-electron chi connectivity index (χ4n) is 2.85. The zero-order valence-electron chi connectivity index (χ0n) is 13.3. The fourth-order valence-corrected chi connectivity index (χ4v) is 3.07. The third-order valence-electron chi connectivity index (χ3n) is 4.46. The second-order valence-corrected chi connectivity index (χ2v) is 6.37. The molecule has 0 unspecified atom stereocenters. The van der Waals surface area contributed by atoms with Gasteiger partial charge in [0.25, 0.3) is 11.6 Å². The first-order valence-electron chi connectivity index (χ1n) is 7.68. The van der Waals surface area contributed by atoms with E-state index in [0.717, 1.165) is 4.90 Å². The molecule has 1 aliphatic heterocycles. The molecule has 1 fully saturated rings. The van der Waals surface area contributed by atoms with Crippen molar-refractivity contribution in [3.8, 4) is 0 Å². The molecular formula is C15H20ClN4O4+. The van der Waals surface area contributed by atoms with Crippen molar-refractivity contribution in [2.45, 2.75) is 25.8 Å². The lowest BCUT2D eigenvalue weighted by Crippen LogP contribution is -3.17. The molecule has 1 saturated heterocycles. The highest BCUT2D eigenvalue weighted by Gasteiger charge is 2.32. The van der Waals surface area contributed by atoms with E-state index in [2.05, 4.69) is 5.32 Å². The van der Waals surface area contributed by atoms with Gasteiger partial charge < -0.3 is 16.0 Å². The van der Waals surface area contributed by atoms with Gasteiger partial charge >= 0.3 is 0 Å². The maximum Gasteiger partial charge on any atom is 0.282 e. The van der Waals surface area contributed by atoms with Gasteiger partial charge in [-0.1, -0.05) is 11.6 Å². The van der Waals surface area contributed by atoms with Crippen LogP contribution in [0.4, 0.5) is 11.4 Å². The topological polar surface area (TPSA) is 120 Å². The Morgan fingerprint density at radius 3 is 2.54 bits per heavy atom. The van der Waals surface area contributed by atoms with Crippen LogP contribution in [0, 0.1) is 16.0 Å². The first kappa shape index (κ1) is 18.2. The van der Waals surface area contributed by atoms with Crippen LogP contribution >= 0.6 is 11.6 Å². The summed E-state index contributed by atoms with van der Waals surface area (Å²) in [5, 5.41) is 13.5. The molecule has 1 aromatic carbocycles. The highest BCUT2D eigenvalue weighted by atomic mass is 35.5. The molecule has 130 valence electrons. The number of nitrogens with two attached hydrogens (primary N) is 1. The molecule has 0 aromatic heterocycles. The molecule has 9 heteroatoms. The van der Waals surface area contributed by atoms with Crippen molar-refractivity contribution in [3.63, 3.8) is 0 Å². The molecule has 24 heavy (non-hydrogen) atoms. The quantitative estimate of drug-likeness (QED) is 0.521. The van der Waals surface area contributed by atoms with Crippen LogP contribution < -0.4 is 16.0 Å². The number of likely N-dealkylation sites (tertiary alicyclic amines) is 1. The van der Waals surface area contributed by atoms with E-state index >= 15 is 0 Å². The molecule has 1 aromatic rings. The minimum atomic E-state index is -0.548. The van der Waals surface area contributed by atoms with Gasteiger partial charge in [0.15, 0.2) is 6.04 Å². The minimum absolute atomic E-state index is 0.117. The van der Waals surface area contributed by atoms with Crippen LogP contribution in [-0.4, -0.2) is 35.9 Å². The Kier molecular flexibility index (Phi) is 5.74. The number of nitrogens with zero attached hydrogens (tertiary/aromatic N) is 1. The number of carbonyl (C=O) groups excluding carboxylic acids is 2. The van der Waals surface area contributed by atoms with Crippen molar-refractivity contribution >= 4 is 34.8 Å². The van der Waals surface area contributed by atoms with Crippen LogP contribution in [0.1, 0.15) is 19.8 Å². The van der Waals surface area contributed by atoms with Gasteiger partial charge in [0.1, 0.15) is 0 Å². The van der Waals surface area contributed by atoms with Gasteiger partial charge in [-0.3, -0.25) is 19.7 Å². The normalized spacial score (nSPS) is 21.8. The average molecular weight is 356 g/mol. The maximum absolute atomic E-state index is 12.4. The summed E-state index contributed by atoms with van der Waals surface area (Å²) in [6, 6.07) is 3.58. The number of halogens is 1. The first-order valence-corrected chi connectivity index (χ1v) is 8.06. The van der Waals surface area contributed by atoms with E-state index in [1.165, 1.54) is 18.2 Å². The largest absolute Gasteiger partial charge is 0.369 e. The van der Waals surface area contributed by atoms with Crippen molar-refractivity contribution in [3.05, 3.63) is 33.3 Å². The number of quaternary nitrogens is 1. The molecule has 1 heterocycles. The molecule has 0 aliphatic carbocycles. The summed E-state index contributed by atoms with van der Waals surface area (Å²) in [6.07, 6.45) is 1.33. The number of rotatable bonds is 5. The predicted molar refractivity (Wildman–Crippen MR) is 88.8 cm³/mol. The Labute approximate surface area is 144 Å². The van der Waals surface area contributed by atoms with E-state index in [9.17, 15) is 19.7 Å². The average Bonchev–Trinajstić information content (AvgIpc) is 2.55. The van der Waals surface area contributed by atoms with Gasteiger partial charge in [0.2, 0.25) is 5.91 Å². The smallest absolute Gasteiger partial charge is 0.282 e. The highest BCUT2D eigenvalue weighted by molar-refractivity contribution is 6.34. The summed E-state index contributed by atoms with van der Waals surface area (Å²) in [6.45, 7) is 3.18. The second-order valence-electron chi connectivity index (χ2n) is 5.97. The van der Waals surface area contributed by atoms with Crippen LogP contribution in [-0.2, 0) is 9.59 Å². The van der Waals surface area contributed by atoms with Gasteiger partial charge in [-0.2, -0.15) is 0 Å². The van der Waals surface area contributed by atoms with Gasteiger partial charge in [0.05, 0.1) is 28.7 Å². The first-order chi connectivity index (χ1) is 11.3. The van der Waals surface area contributed by atoms with Crippen LogP contribution in [0.2, 0.25) is 5.02 Å². The number of nitrogens with one attached hydrogen (secondary N) is 2. The van der Waals surface area contributed by atoms with Crippen LogP contribution in [0.5, 0.6) is 0 Å². The minimum Gasteiger partial charge on any atom is -0.369 e. The number of benzene rings is 1. The lowest BCUT2D eigenvalue weighted by atomic mass is 9.95. The number of primary amides is 1. The van der Waals surface area contributed by atoms with Gasteiger partial charge in [0, 0.05) is 30.9 Å². The summed E-state index contributed by atoms with van der Waals surface area (Å²) in [5.74, 6) is -0.629. The lowest BCUT2D eigenvalue weighted by Gasteiger charge is -2.31. The number of hydrogen-bond donors (Lipinski definition) is 3. The molecule has 4 N–H and O–H groups in total. The van der Waals surface area contributed by atoms with E-state index in [1.54, 1.807) is 6.92 Å². The third-order valence-corrected chi connectivity index (χ3v) is 4.77. The fraction of sp³-hybridized carbons (Fsp3) is 0.467. The third kappa shape index (κ3) is 4.21. The van der Waals surface area contributed by atoms with E-state index in [0.29, 0.717) is 31.6 Å². The highest BCUT2D eigenvalue weighted by Crippen LogP contribution is 2.26. The van der Waals surface area contributed by atoms with Gasteiger partial charge in [-0.05, 0) is 13.0 Å². The molecule has 0 spiro atoms. The number of piperidine rings is 1. The number of non-ortho nitro benzene ring substituents is 1. The Morgan fingerprint density at radius 2 is 2.04 bits per heavy atom. The second kappa shape index (κ2) is 7.59. The van der Waals surface area contributed by atoms with Crippen molar-refractivity contribution < 1.29 is 19.4 Å².